The molecule has 0 spiro atoms. The summed E-state index contributed by atoms with van der Waals surface area (Å²) in [5, 5.41) is 20.2. The van der Waals surface area contributed by atoms with Gasteiger partial charge in [0.15, 0.2) is 0 Å². The Morgan fingerprint density at radius 1 is 0.977 bits per heavy atom. The lowest BCUT2D eigenvalue weighted by atomic mass is 10.1. The molecular formula is C31H42N6O7. The van der Waals surface area contributed by atoms with Crippen LogP contribution in [-0.2, 0) is 20.8 Å². The Bertz CT molecular complexity index is 1320. The van der Waals surface area contributed by atoms with Gasteiger partial charge in [-0.1, -0.05) is 24.3 Å². The van der Waals surface area contributed by atoms with Gasteiger partial charge < -0.3 is 40.9 Å². The number of methoxy groups -OCH3 is 1. The zero-order valence-corrected chi connectivity index (χ0v) is 25.3. The number of urea groups is 2. The van der Waals surface area contributed by atoms with Crippen LogP contribution in [0.25, 0.3) is 0 Å². The number of ether oxygens (including phenoxy) is 1. The number of rotatable bonds is 16. The number of carboxylic acids is 1. The largest absolute Gasteiger partial charge is 0.495 e. The maximum atomic E-state index is 12.7. The summed E-state index contributed by atoms with van der Waals surface area (Å²) in [5.74, 6) is -0.680. The van der Waals surface area contributed by atoms with Crippen molar-refractivity contribution in [2.45, 2.75) is 45.4 Å². The van der Waals surface area contributed by atoms with Gasteiger partial charge in [-0.3, -0.25) is 14.4 Å². The van der Waals surface area contributed by atoms with Gasteiger partial charge in [0.05, 0.1) is 25.6 Å². The minimum atomic E-state index is -0.993. The van der Waals surface area contributed by atoms with Gasteiger partial charge in [-0.05, 0) is 55.5 Å². The van der Waals surface area contributed by atoms with Crippen LogP contribution in [0.1, 0.15) is 43.2 Å². The number of amides is 6. The molecule has 1 saturated heterocycles. The SMILES string of the molecule is COc1cc(CC(=O)NCCCNC(=O)N(CCCN2CCCC2=O)CCC(=O)O)ccc1NC(=O)Nc1ccccc1C. The van der Waals surface area contributed by atoms with Gasteiger partial charge in [0.25, 0.3) is 0 Å². The molecule has 0 unspecified atom stereocenters. The van der Waals surface area contributed by atoms with Gasteiger partial charge in [0.2, 0.25) is 11.8 Å². The second-order valence-electron chi connectivity index (χ2n) is 10.5. The van der Waals surface area contributed by atoms with Crippen LogP contribution in [0, 0.1) is 6.92 Å². The Morgan fingerprint density at radius 3 is 2.43 bits per heavy atom. The van der Waals surface area contributed by atoms with E-state index in [1.54, 1.807) is 29.2 Å². The van der Waals surface area contributed by atoms with Crippen LogP contribution in [0.15, 0.2) is 42.5 Å². The lowest BCUT2D eigenvalue weighted by Gasteiger charge is -2.24. The molecule has 6 amide bonds. The van der Waals surface area contributed by atoms with E-state index < -0.39 is 12.0 Å². The molecule has 0 bridgehead atoms. The number of para-hydroxylation sites is 1. The quantitative estimate of drug-likeness (QED) is 0.182. The van der Waals surface area contributed by atoms with E-state index in [0.29, 0.717) is 68.1 Å². The fraction of sp³-hybridized carbons (Fsp3) is 0.452. The van der Waals surface area contributed by atoms with E-state index in [4.69, 9.17) is 9.84 Å². The Morgan fingerprint density at radius 2 is 1.73 bits per heavy atom. The molecular weight excluding hydrogens is 568 g/mol. The molecule has 2 aromatic rings. The van der Waals surface area contributed by atoms with Crippen molar-refractivity contribution < 1.29 is 33.8 Å². The van der Waals surface area contributed by atoms with Crippen molar-refractivity contribution in [1.82, 2.24) is 20.4 Å². The summed E-state index contributed by atoms with van der Waals surface area (Å²) >= 11 is 0. The number of carboxylic acid groups (broad SMARTS) is 1. The number of benzene rings is 2. The zero-order chi connectivity index (χ0) is 31.9. The van der Waals surface area contributed by atoms with E-state index in [-0.39, 0.29) is 37.2 Å². The van der Waals surface area contributed by atoms with Gasteiger partial charge in [-0.2, -0.15) is 0 Å². The topological polar surface area (TPSA) is 169 Å². The molecule has 5 N–H and O–H groups in total. The number of hydrogen-bond donors (Lipinski definition) is 5. The van der Waals surface area contributed by atoms with E-state index in [9.17, 15) is 24.0 Å². The van der Waals surface area contributed by atoms with Gasteiger partial charge in [0, 0.05) is 51.4 Å². The first-order valence-corrected chi connectivity index (χ1v) is 14.8. The predicted octanol–water partition coefficient (Wildman–Crippen LogP) is 3.20. The molecule has 44 heavy (non-hydrogen) atoms. The van der Waals surface area contributed by atoms with Crippen molar-refractivity contribution in [3.63, 3.8) is 0 Å². The molecule has 238 valence electrons. The Hall–Kier alpha value is -4.81. The number of nitrogens with one attached hydrogen (secondary N) is 4. The molecule has 1 heterocycles. The van der Waals surface area contributed by atoms with Crippen molar-refractivity contribution in [2.24, 2.45) is 0 Å². The van der Waals surface area contributed by atoms with Crippen LogP contribution in [0.5, 0.6) is 5.75 Å². The van der Waals surface area contributed by atoms with Crippen molar-refractivity contribution in [3.05, 3.63) is 53.6 Å². The van der Waals surface area contributed by atoms with Crippen LogP contribution in [-0.4, -0.2) is 91.1 Å². The predicted molar refractivity (Wildman–Crippen MR) is 166 cm³/mol. The molecule has 0 aromatic heterocycles. The third kappa shape index (κ3) is 11.1. The first kappa shape index (κ1) is 33.7. The van der Waals surface area contributed by atoms with E-state index in [0.717, 1.165) is 18.5 Å². The maximum Gasteiger partial charge on any atom is 0.323 e. The summed E-state index contributed by atoms with van der Waals surface area (Å²) < 4.78 is 5.41. The minimum Gasteiger partial charge on any atom is -0.495 e. The highest BCUT2D eigenvalue weighted by Gasteiger charge is 2.21. The first-order valence-electron chi connectivity index (χ1n) is 14.8. The molecule has 13 heteroatoms. The molecule has 2 aromatic carbocycles. The molecule has 0 saturated carbocycles. The Balaban J connectivity index is 1.38. The summed E-state index contributed by atoms with van der Waals surface area (Å²) in [6.07, 6.45) is 2.36. The maximum absolute atomic E-state index is 12.7. The van der Waals surface area contributed by atoms with Crippen LogP contribution >= 0.6 is 0 Å². The normalized spacial score (nSPS) is 12.4. The van der Waals surface area contributed by atoms with Gasteiger partial charge >= 0.3 is 18.0 Å². The highest BCUT2D eigenvalue weighted by molar-refractivity contribution is 6.01. The van der Waals surface area contributed by atoms with Crippen molar-refractivity contribution >= 4 is 41.2 Å². The highest BCUT2D eigenvalue weighted by atomic mass is 16.5. The van der Waals surface area contributed by atoms with Crippen LogP contribution in [0.3, 0.4) is 0 Å². The number of nitrogens with zero attached hydrogens (tertiary/aromatic N) is 2. The van der Waals surface area contributed by atoms with Gasteiger partial charge in [-0.15, -0.1) is 0 Å². The average Bonchev–Trinajstić information content (AvgIpc) is 3.40. The van der Waals surface area contributed by atoms with Gasteiger partial charge in [-0.25, -0.2) is 9.59 Å². The highest BCUT2D eigenvalue weighted by Crippen LogP contribution is 2.26. The number of likely N-dealkylation sites (tertiary alicyclic amines) is 1. The van der Waals surface area contributed by atoms with Crippen molar-refractivity contribution in [2.75, 3.05) is 57.0 Å². The summed E-state index contributed by atoms with van der Waals surface area (Å²) in [4.78, 5) is 63.7. The third-order valence-electron chi connectivity index (χ3n) is 7.13. The monoisotopic (exact) mass is 610 g/mol. The van der Waals surface area contributed by atoms with E-state index in [2.05, 4.69) is 21.3 Å². The molecule has 3 rings (SSSR count). The lowest BCUT2D eigenvalue weighted by Crippen LogP contribution is -2.43. The number of anilines is 2. The third-order valence-corrected chi connectivity index (χ3v) is 7.13. The fourth-order valence-electron chi connectivity index (χ4n) is 4.75. The first-order chi connectivity index (χ1) is 21.2. The molecule has 0 aliphatic carbocycles. The molecule has 0 atom stereocenters. The summed E-state index contributed by atoms with van der Waals surface area (Å²) in [7, 11) is 1.48. The van der Waals surface area contributed by atoms with Crippen molar-refractivity contribution in [1.29, 1.82) is 0 Å². The van der Waals surface area contributed by atoms with Crippen LogP contribution in [0.2, 0.25) is 0 Å². The Kier molecular flexibility index (Phi) is 13.3. The number of hydrogen-bond acceptors (Lipinski definition) is 6. The average molecular weight is 611 g/mol. The zero-order valence-electron chi connectivity index (χ0n) is 25.3. The van der Waals surface area contributed by atoms with E-state index in [1.807, 2.05) is 25.1 Å². The van der Waals surface area contributed by atoms with Crippen molar-refractivity contribution in [3.8, 4) is 5.75 Å². The summed E-state index contributed by atoms with van der Waals surface area (Å²) in [6.45, 7) is 4.20. The van der Waals surface area contributed by atoms with Gasteiger partial charge in [0.1, 0.15) is 5.75 Å². The molecule has 13 nitrogen and oxygen atoms in total. The fourth-order valence-corrected chi connectivity index (χ4v) is 4.75. The Labute approximate surface area is 257 Å². The number of carbonyl (C=O) groups excluding carboxylic acids is 4. The van der Waals surface area contributed by atoms with E-state index in [1.165, 1.54) is 12.0 Å². The molecule has 1 fully saturated rings. The van der Waals surface area contributed by atoms with E-state index >= 15 is 0 Å². The minimum absolute atomic E-state index is 0.0704. The number of aryl methyl sites for hydroxylation is 1. The molecule has 1 aliphatic heterocycles. The van der Waals surface area contributed by atoms with Crippen LogP contribution in [0.4, 0.5) is 21.0 Å². The second kappa shape index (κ2) is 17.3. The van der Waals surface area contributed by atoms with Crippen LogP contribution < -0.4 is 26.0 Å². The number of carbonyl (C=O) groups is 5. The summed E-state index contributed by atoms with van der Waals surface area (Å²) in [6, 6.07) is 11.7. The second-order valence-corrected chi connectivity index (χ2v) is 10.5. The summed E-state index contributed by atoms with van der Waals surface area (Å²) in [5.41, 5.74) is 2.78. The lowest BCUT2D eigenvalue weighted by molar-refractivity contribution is -0.137. The smallest absolute Gasteiger partial charge is 0.323 e. The number of aliphatic carboxylic acids is 1. The standard InChI is InChI=1S/C31H42N6O7/c1-22-8-3-4-9-24(22)34-30(42)35-25-12-11-23(20-26(25)44-2)21-27(38)32-14-6-15-33-31(43)37(19-13-29(40)41)18-7-17-36-16-5-10-28(36)39/h3-4,8-9,11-12,20H,5-7,10,13-19,21H2,1-2H3,(H,32,38)(H,33,43)(H,40,41)(H2,34,35,42). The molecule has 1 aliphatic rings. The molecule has 0 radical (unpaired) electrons.